The maximum absolute atomic E-state index is 10.4. The molecule has 1 unspecified atom stereocenters. The van der Waals surface area contributed by atoms with E-state index in [1.807, 2.05) is 0 Å². The molecule has 10 heavy (non-hydrogen) atoms. The lowest BCUT2D eigenvalue weighted by molar-refractivity contribution is -0.410. The second kappa shape index (κ2) is 4.45. The van der Waals surface area contributed by atoms with Crippen molar-refractivity contribution >= 4 is 22.6 Å². The Morgan fingerprint density at radius 1 is 1.80 bits per heavy atom. The summed E-state index contributed by atoms with van der Waals surface area (Å²) in [6, 6.07) is 0. The fourth-order valence-electron chi connectivity index (χ4n) is 0.308. The van der Waals surface area contributed by atoms with Crippen molar-refractivity contribution in [2.45, 2.75) is 0 Å². The predicted octanol–water partition coefficient (Wildman–Crippen LogP) is 0.804. The largest absolute Gasteiger partial charge is 0.311 e. The molecule has 0 heterocycles. The zero-order valence-corrected chi connectivity index (χ0v) is 7.20. The van der Waals surface area contributed by atoms with Crippen LogP contribution in [-0.4, -0.2) is 21.6 Å². The maximum Gasteiger partial charge on any atom is 0.311 e. The van der Waals surface area contributed by atoms with Gasteiger partial charge in [-0.3, -0.25) is 14.3 Å². The Labute approximate surface area is 65.3 Å². The first-order valence-electron chi connectivity index (χ1n) is 2.30. The van der Waals surface area contributed by atoms with Gasteiger partial charge in [0.15, 0.2) is 0 Å². The lowest BCUT2D eigenvalue weighted by atomic mass is 11.0. The number of hydrogen-bond donors (Lipinski definition) is 0. The highest BCUT2D eigenvalue weighted by Gasteiger charge is 2.07. The molecule has 0 rings (SSSR count). The predicted molar refractivity (Wildman–Crippen MR) is 42.7 cm³/mol. The molecule has 0 aromatic heterocycles. The summed E-state index contributed by atoms with van der Waals surface area (Å²) >= 11 is 0.975. The van der Waals surface area contributed by atoms with Crippen molar-refractivity contribution in [3.8, 4) is 0 Å². The minimum atomic E-state index is -1.24. The van der Waals surface area contributed by atoms with Crippen molar-refractivity contribution < 1.29 is 9.13 Å². The standard InChI is InChI=1S/C4H7NO3S2/c1-9-4(5(6)7)3-10(2)8/h3H,1-2H3. The number of rotatable bonds is 3. The van der Waals surface area contributed by atoms with Gasteiger partial charge in [-0.15, -0.1) is 0 Å². The van der Waals surface area contributed by atoms with E-state index in [9.17, 15) is 14.3 Å². The first-order valence-corrected chi connectivity index (χ1v) is 5.15. The molecule has 0 aliphatic heterocycles. The van der Waals surface area contributed by atoms with Crippen LogP contribution in [0.15, 0.2) is 10.4 Å². The fraction of sp³-hybridized carbons (Fsp3) is 0.500. The molecule has 0 radical (unpaired) electrons. The molecule has 58 valence electrons. The second-order valence-electron chi connectivity index (χ2n) is 1.42. The Bertz CT molecular complexity index is 189. The summed E-state index contributed by atoms with van der Waals surface area (Å²) in [5.41, 5.74) is 0. The Kier molecular flexibility index (Phi) is 4.29. The Balaban J connectivity index is 4.34. The van der Waals surface area contributed by atoms with Crippen LogP contribution < -0.4 is 0 Å². The van der Waals surface area contributed by atoms with Crippen LogP contribution in [0.5, 0.6) is 0 Å². The normalized spacial score (nSPS) is 14.8. The number of hydrogen-bond acceptors (Lipinski definition) is 4. The fourth-order valence-corrected chi connectivity index (χ4v) is 1.62. The van der Waals surface area contributed by atoms with Crippen molar-refractivity contribution in [1.82, 2.24) is 0 Å². The van der Waals surface area contributed by atoms with Crippen molar-refractivity contribution in [2.75, 3.05) is 12.5 Å². The zero-order valence-electron chi connectivity index (χ0n) is 5.57. The highest BCUT2D eigenvalue weighted by molar-refractivity contribution is 8.02. The smallest absolute Gasteiger partial charge is 0.258 e. The van der Waals surface area contributed by atoms with E-state index < -0.39 is 15.7 Å². The van der Waals surface area contributed by atoms with E-state index in [4.69, 9.17) is 0 Å². The summed E-state index contributed by atoms with van der Waals surface area (Å²) in [4.78, 5) is 9.50. The molecule has 0 N–H and O–H groups in total. The topological polar surface area (TPSA) is 60.2 Å². The van der Waals surface area contributed by atoms with E-state index >= 15 is 0 Å². The van der Waals surface area contributed by atoms with Gasteiger partial charge in [-0.1, -0.05) is 11.8 Å². The monoisotopic (exact) mass is 181 g/mol. The van der Waals surface area contributed by atoms with Gasteiger partial charge in [-0.05, 0) is 6.26 Å². The molecule has 0 aliphatic carbocycles. The van der Waals surface area contributed by atoms with Crippen molar-refractivity contribution in [2.24, 2.45) is 0 Å². The van der Waals surface area contributed by atoms with Crippen LogP contribution >= 0.6 is 11.8 Å². The average Bonchev–Trinajstić information content (AvgIpc) is 1.81. The Morgan fingerprint density at radius 2 is 2.30 bits per heavy atom. The highest BCUT2D eigenvalue weighted by Crippen LogP contribution is 2.11. The van der Waals surface area contributed by atoms with E-state index in [1.54, 1.807) is 6.26 Å². The summed E-state index contributed by atoms with van der Waals surface area (Å²) in [6.07, 6.45) is 2.96. The third kappa shape index (κ3) is 3.62. The van der Waals surface area contributed by atoms with Gasteiger partial charge >= 0.3 is 5.03 Å². The van der Waals surface area contributed by atoms with Crippen molar-refractivity contribution in [3.63, 3.8) is 0 Å². The summed E-state index contributed by atoms with van der Waals surface area (Å²) < 4.78 is 10.4. The van der Waals surface area contributed by atoms with Gasteiger partial charge in [0.05, 0.1) is 10.3 Å². The molecule has 0 spiro atoms. The van der Waals surface area contributed by atoms with E-state index in [1.165, 1.54) is 6.26 Å². The maximum atomic E-state index is 10.4. The van der Waals surface area contributed by atoms with Crippen LogP contribution in [0.4, 0.5) is 0 Å². The highest BCUT2D eigenvalue weighted by atomic mass is 32.2. The first kappa shape index (κ1) is 9.64. The van der Waals surface area contributed by atoms with Gasteiger partial charge in [-0.25, -0.2) is 0 Å². The molecule has 0 amide bonds. The van der Waals surface area contributed by atoms with Crippen molar-refractivity contribution in [3.05, 3.63) is 20.6 Å². The second-order valence-corrected chi connectivity index (χ2v) is 3.48. The molecule has 6 heteroatoms. The van der Waals surface area contributed by atoms with Crippen molar-refractivity contribution in [1.29, 1.82) is 0 Å². The minimum Gasteiger partial charge on any atom is -0.258 e. The SMILES string of the molecule is CSC(=CS(C)=O)[N+](=O)[O-]. The molecule has 0 aromatic carbocycles. The molecule has 0 bridgehead atoms. The molecule has 0 aromatic rings. The van der Waals surface area contributed by atoms with Crippen LogP contribution in [0.2, 0.25) is 0 Å². The van der Waals surface area contributed by atoms with E-state index in [0.29, 0.717) is 0 Å². The third-order valence-electron chi connectivity index (χ3n) is 0.656. The summed E-state index contributed by atoms with van der Waals surface area (Å²) in [7, 11) is -1.24. The molecule has 0 fully saturated rings. The molecular weight excluding hydrogens is 174 g/mol. The van der Waals surface area contributed by atoms with Crippen LogP contribution in [0.1, 0.15) is 0 Å². The summed E-state index contributed by atoms with van der Waals surface area (Å²) in [5, 5.41) is 11.1. The van der Waals surface area contributed by atoms with Gasteiger partial charge in [0, 0.05) is 17.1 Å². The van der Waals surface area contributed by atoms with Gasteiger partial charge in [-0.2, -0.15) is 0 Å². The van der Waals surface area contributed by atoms with Crippen LogP contribution in [0.25, 0.3) is 0 Å². The molecule has 0 saturated heterocycles. The number of nitrogens with zero attached hydrogens (tertiary/aromatic N) is 1. The van der Waals surface area contributed by atoms with Gasteiger partial charge in [0.25, 0.3) is 0 Å². The van der Waals surface area contributed by atoms with E-state index in [-0.39, 0.29) is 5.03 Å². The first-order chi connectivity index (χ1) is 4.57. The van der Waals surface area contributed by atoms with Gasteiger partial charge in [0.1, 0.15) is 0 Å². The number of thioether (sulfide) groups is 1. The quantitative estimate of drug-likeness (QED) is 0.477. The lowest BCUT2D eigenvalue weighted by Crippen LogP contribution is -1.95. The number of nitro groups is 1. The van der Waals surface area contributed by atoms with Gasteiger partial charge < -0.3 is 0 Å². The zero-order chi connectivity index (χ0) is 8.15. The van der Waals surface area contributed by atoms with E-state index in [2.05, 4.69) is 0 Å². The average molecular weight is 181 g/mol. The van der Waals surface area contributed by atoms with Gasteiger partial charge in [0.2, 0.25) is 0 Å². The summed E-state index contributed by atoms with van der Waals surface area (Å²) in [5.74, 6) is 0. The molecule has 1 atom stereocenters. The third-order valence-corrected chi connectivity index (χ3v) is 2.05. The Morgan fingerprint density at radius 3 is 2.40 bits per heavy atom. The lowest BCUT2D eigenvalue weighted by Gasteiger charge is -1.89. The molecular formula is C4H7NO3S2. The van der Waals surface area contributed by atoms with E-state index in [0.717, 1.165) is 17.2 Å². The van der Waals surface area contributed by atoms with Crippen LogP contribution in [0.3, 0.4) is 0 Å². The molecule has 0 aliphatic rings. The minimum absolute atomic E-state index is 0.0687. The van der Waals surface area contributed by atoms with Crippen LogP contribution in [-0.2, 0) is 10.8 Å². The molecule has 4 nitrogen and oxygen atoms in total. The van der Waals surface area contributed by atoms with Crippen LogP contribution in [0, 0.1) is 10.1 Å². The molecule has 0 saturated carbocycles. The Hall–Kier alpha value is -0.360. The summed E-state index contributed by atoms with van der Waals surface area (Å²) in [6.45, 7) is 0.